The Balaban J connectivity index is 1.99. The molecule has 1 aliphatic rings. The Kier molecular flexibility index (Phi) is 5.63. The summed E-state index contributed by atoms with van der Waals surface area (Å²) in [4.78, 5) is 0. The zero-order chi connectivity index (χ0) is 22.3. The van der Waals surface area contributed by atoms with E-state index < -0.39 is 0 Å². The van der Waals surface area contributed by atoms with Gasteiger partial charge in [-0.05, 0) is 91.1 Å². The third-order valence-electron chi connectivity index (χ3n) is 7.68. The van der Waals surface area contributed by atoms with Crippen molar-refractivity contribution >= 4 is 10.8 Å². The van der Waals surface area contributed by atoms with Crippen molar-refractivity contribution in [1.29, 1.82) is 0 Å². The van der Waals surface area contributed by atoms with Gasteiger partial charge in [0.2, 0.25) is 5.69 Å². The van der Waals surface area contributed by atoms with Gasteiger partial charge in [0.1, 0.15) is 7.05 Å². The summed E-state index contributed by atoms with van der Waals surface area (Å²) >= 11 is 0. The highest BCUT2D eigenvalue weighted by Crippen LogP contribution is 2.39. The fourth-order valence-corrected chi connectivity index (χ4v) is 5.47. The molecule has 4 rings (SSSR count). The van der Waals surface area contributed by atoms with Crippen molar-refractivity contribution in [2.45, 2.75) is 85.0 Å². The lowest BCUT2D eigenvalue weighted by atomic mass is 9.87. The molecule has 0 saturated heterocycles. The number of hydrogen-bond donors (Lipinski definition) is 0. The molecule has 2 aromatic carbocycles. The van der Waals surface area contributed by atoms with Gasteiger partial charge in [0.25, 0.3) is 0 Å². The van der Waals surface area contributed by atoms with Crippen molar-refractivity contribution in [2.75, 3.05) is 0 Å². The summed E-state index contributed by atoms with van der Waals surface area (Å²) in [7, 11) is 2.13. The van der Waals surface area contributed by atoms with E-state index in [9.17, 15) is 0 Å². The van der Waals surface area contributed by atoms with Gasteiger partial charge in [0, 0.05) is 13.0 Å². The van der Waals surface area contributed by atoms with E-state index in [0.29, 0.717) is 17.9 Å². The zero-order valence-electron chi connectivity index (χ0n) is 20.7. The highest BCUT2D eigenvalue weighted by atomic mass is 14.9. The van der Waals surface area contributed by atoms with Gasteiger partial charge in [-0.25, -0.2) is 0 Å². The molecule has 1 nitrogen and oxygen atoms in total. The van der Waals surface area contributed by atoms with Crippen LogP contribution in [0.1, 0.15) is 93.5 Å². The second kappa shape index (κ2) is 8.53. The van der Waals surface area contributed by atoms with E-state index in [1.807, 2.05) is 0 Å². The van der Waals surface area contributed by atoms with E-state index in [0.717, 1.165) is 23.9 Å². The van der Waals surface area contributed by atoms with Crippen LogP contribution in [0.25, 0.3) is 22.0 Å². The second-order valence-electron chi connectivity index (χ2n) is 9.43. The lowest BCUT2D eigenvalue weighted by Gasteiger charge is -2.18. The van der Waals surface area contributed by atoms with Crippen LogP contribution in [0, 0.1) is 20.8 Å². The van der Waals surface area contributed by atoms with Crippen molar-refractivity contribution in [1.82, 2.24) is 0 Å². The number of nitrogens with zero attached hydrogens (tertiary/aromatic N) is 1. The molecule has 0 amide bonds. The molecule has 3 aromatic rings. The van der Waals surface area contributed by atoms with Gasteiger partial charge in [0.15, 0.2) is 5.69 Å². The summed E-state index contributed by atoms with van der Waals surface area (Å²) < 4.78 is 11.1. The van der Waals surface area contributed by atoms with Crippen LogP contribution in [-0.4, -0.2) is 0 Å². The molecule has 30 heavy (non-hydrogen) atoms. The summed E-state index contributed by atoms with van der Waals surface area (Å²) in [6, 6.07) is 12.4. The van der Waals surface area contributed by atoms with Crippen LogP contribution in [0.5, 0.6) is 0 Å². The van der Waals surface area contributed by atoms with Crippen LogP contribution < -0.4 is 4.57 Å². The predicted molar refractivity (Wildman–Crippen MR) is 129 cm³/mol. The summed E-state index contributed by atoms with van der Waals surface area (Å²) in [5.41, 5.74) is 9.26. The molecule has 158 valence electrons. The lowest BCUT2D eigenvalue weighted by Crippen LogP contribution is -2.35. The number of aromatic nitrogens is 1. The topological polar surface area (TPSA) is 3.88 Å². The zero-order valence-corrected chi connectivity index (χ0v) is 19.7. The van der Waals surface area contributed by atoms with Crippen molar-refractivity contribution in [3.63, 3.8) is 0 Å². The van der Waals surface area contributed by atoms with Crippen molar-refractivity contribution < 1.29 is 5.94 Å². The van der Waals surface area contributed by atoms with Crippen LogP contribution in [0.3, 0.4) is 0 Å². The molecule has 0 atom stereocenters. The maximum atomic E-state index is 8.89. The van der Waals surface area contributed by atoms with Crippen LogP contribution in [0.15, 0.2) is 36.4 Å². The first-order valence-corrected chi connectivity index (χ1v) is 11.9. The lowest BCUT2D eigenvalue weighted by molar-refractivity contribution is -0.665. The van der Waals surface area contributed by atoms with Crippen LogP contribution in [0.4, 0.5) is 0 Å². The first kappa shape index (κ1) is 19.8. The van der Waals surface area contributed by atoms with Crippen LogP contribution >= 0.6 is 0 Å². The number of benzene rings is 2. The van der Waals surface area contributed by atoms with Gasteiger partial charge < -0.3 is 0 Å². The molecule has 1 aliphatic carbocycles. The fourth-order valence-electron chi connectivity index (χ4n) is 5.47. The van der Waals surface area contributed by atoms with Gasteiger partial charge in [0.05, 0.1) is 12.3 Å². The van der Waals surface area contributed by atoms with Crippen molar-refractivity contribution in [3.8, 4) is 11.3 Å². The molecule has 1 saturated carbocycles. The molecule has 1 heteroatoms. The summed E-state index contributed by atoms with van der Waals surface area (Å²) in [6.45, 7) is 11.1. The van der Waals surface area contributed by atoms with E-state index >= 15 is 0 Å². The minimum atomic E-state index is 0.566. The number of hydrogen-bond acceptors (Lipinski definition) is 0. The summed E-state index contributed by atoms with van der Waals surface area (Å²) in [5, 5.41) is 2.30. The molecular formula is C29H38N+. The maximum absolute atomic E-state index is 8.89. The fraction of sp³-hybridized carbons (Fsp3) is 0.483. The van der Waals surface area contributed by atoms with Gasteiger partial charge in [-0.15, -0.1) is 0 Å². The molecule has 1 fully saturated rings. The van der Waals surface area contributed by atoms with Gasteiger partial charge in [-0.3, -0.25) is 0 Å². The first-order chi connectivity index (χ1) is 14.9. The highest BCUT2D eigenvalue weighted by molar-refractivity contribution is 5.94. The maximum Gasteiger partial charge on any atom is 0.220 e. The molecule has 1 heterocycles. The van der Waals surface area contributed by atoms with Gasteiger partial charge in [-0.2, -0.15) is 4.57 Å². The number of aryl methyl sites for hydroxylation is 1. The Labute approximate surface area is 184 Å². The summed E-state index contributed by atoms with van der Waals surface area (Å²) in [6.07, 6.45) is 7.63. The quantitative estimate of drug-likeness (QED) is 0.384. The van der Waals surface area contributed by atoms with Gasteiger partial charge in [-0.1, -0.05) is 44.9 Å². The Morgan fingerprint density at radius 2 is 1.73 bits per heavy atom. The number of pyridine rings is 1. The van der Waals surface area contributed by atoms with E-state index in [2.05, 4.69) is 76.6 Å². The molecule has 1 aromatic heterocycles. The SMILES string of the molecule is [2H]c1c(C)[n+](C)c(-c2cc(C3CCCC3)cc(C)c2C)c2ccc(C(CC)CC)cc12. The van der Waals surface area contributed by atoms with Crippen LogP contribution in [-0.2, 0) is 7.05 Å². The molecule has 0 bridgehead atoms. The van der Waals surface area contributed by atoms with Gasteiger partial charge >= 0.3 is 0 Å². The predicted octanol–water partition coefficient (Wildman–Crippen LogP) is 7.82. The normalized spacial score (nSPS) is 15.4. The monoisotopic (exact) mass is 401 g/mol. The smallest absolute Gasteiger partial charge is 0.198 e. The minimum absolute atomic E-state index is 0.566. The Morgan fingerprint density at radius 1 is 1.03 bits per heavy atom. The second-order valence-corrected chi connectivity index (χ2v) is 9.43. The first-order valence-electron chi connectivity index (χ1n) is 12.4. The molecule has 0 spiro atoms. The largest absolute Gasteiger partial charge is 0.220 e. The Bertz CT molecular complexity index is 1120. The molecule has 0 N–H and O–H groups in total. The van der Waals surface area contributed by atoms with E-state index in [4.69, 9.17) is 1.37 Å². The van der Waals surface area contributed by atoms with Crippen molar-refractivity contribution in [3.05, 3.63) is 64.3 Å². The highest BCUT2D eigenvalue weighted by Gasteiger charge is 2.24. The standard InChI is InChI=1S/C29H38N/c1-7-22(8-2)24-13-14-27-26(17-24)16-20(4)30(6)29(27)28-18-25(15-19(3)21(28)5)23-11-9-10-12-23/h13-18,22-23H,7-12H2,1-6H3/q+1/i16D. The molecule has 0 unspecified atom stereocenters. The average Bonchev–Trinajstić information content (AvgIpc) is 3.31. The third-order valence-corrected chi connectivity index (χ3v) is 7.68. The Morgan fingerprint density at radius 3 is 2.40 bits per heavy atom. The van der Waals surface area contributed by atoms with Crippen LogP contribution in [0.2, 0.25) is 0 Å². The molecule has 0 radical (unpaired) electrons. The molecular weight excluding hydrogens is 362 g/mol. The number of rotatable bonds is 5. The van der Waals surface area contributed by atoms with E-state index in [-0.39, 0.29) is 0 Å². The summed E-state index contributed by atoms with van der Waals surface area (Å²) in [5.74, 6) is 1.27. The Hall–Kier alpha value is -2.15. The van der Waals surface area contributed by atoms with Crippen molar-refractivity contribution in [2.24, 2.45) is 7.05 Å². The minimum Gasteiger partial charge on any atom is -0.198 e. The third kappa shape index (κ3) is 3.68. The number of fused-ring (bicyclic) bond motifs is 1. The van der Waals surface area contributed by atoms with E-state index in [1.54, 1.807) is 0 Å². The molecule has 0 aliphatic heterocycles. The average molecular weight is 402 g/mol. The van der Waals surface area contributed by atoms with E-state index in [1.165, 1.54) is 64.6 Å².